The van der Waals surface area contributed by atoms with E-state index >= 15 is 0 Å². The van der Waals surface area contributed by atoms with Gasteiger partial charge in [0.25, 0.3) is 0 Å². The lowest BCUT2D eigenvalue weighted by Crippen LogP contribution is -2.38. The van der Waals surface area contributed by atoms with Gasteiger partial charge in [-0.05, 0) is 20.8 Å². The van der Waals surface area contributed by atoms with Gasteiger partial charge >= 0.3 is 0 Å². The fourth-order valence-electron chi connectivity index (χ4n) is 1.62. The first-order valence-corrected chi connectivity index (χ1v) is 7.27. The summed E-state index contributed by atoms with van der Waals surface area (Å²) in [6, 6.07) is 0. The van der Waals surface area contributed by atoms with Crippen LogP contribution in [0.15, 0.2) is 9.41 Å². The van der Waals surface area contributed by atoms with Gasteiger partial charge in [0.15, 0.2) is 5.96 Å². The Morgan fingerprint density at radius 1 is 1.32 bits per heavy atom. The summed E-state index contributed by atoms with van der Waals surface area (Å²) in [7, 11) is 1.59. The summed E-state index contributed by atoms with van der Waals surface area (Å²) >= 11 is 0. The van der Waals surface area contributed by atoms with Crippen LogP contribution < -0.4 is 16.0 Å². The number of aryl methyl sites for hydroxylation is 2. The first-order chi connectivity index (χ1) is 10.6. The summed E-state index contributed by atoms with van der Waals surface area (Å²) < 4.78 is 10.3. The Balaban J connectivity index is 2.46. The highest BCUT2D eigenvalue weighted by molar-refractivity contribution is 5.84. The van der Waals surface area contributed by atoms with Crippen LogP contribution in [0.2, 0.25) is 0 Å². The topological polar surface area (TPSA) is 101 Å². The number of rotatable bonds is 8. The van der Waals surface area contributed by atoms with Crippen molar-refractivity contribution in [2.45, 2.75) is 27.3 Å². The number of nitrogens with one attached hydrogen (secondary N) is 3. The molecule has 1 heterocycles. The monoisotopic (exact) mass is 311 g/mol. The number of aliphatic imine (C=N–C) groups is 1. The summed E-state index contributed by atoms with van der Waals surface area (Å²) in [4.78, 5) is 20.1. The summed E-state index contributed by atoms with van der Waals surface area (Å²) in [6.07, 6.45) is 0. The number of hydrogen-bond donors (Lipinski definition) is 3. The molecule has 0 aliphatic rings. The maximum atomic E-state index is 11.6. The molecule has 0 aromatic carbocycles. The predicted octanol–water partition coefficient (Wildman–Crippen LogP) is 0.109. The maximum absolute atomic E-state index is 11.6. The number of aromatic nitrogens is 1. The van der Waals surface area contributed by atoms with Crippen molar-refractivity contribution in [1.82, 2.24) is 20.9 Å². The Morgan fingerprint density at radius 3 is 2.68 bits per heavy atom. The normalized spacial score (nSPS) is 11.4. The minimum absolute atomic E-state index is 0.0443. The molecule has 3 N–H and O–H groups in total. The van der Waals surface area contributed by atoms with E-state index < -0.39 is 0 Å². The summed E-state index contributed by atoms with van der Waals surface area (Å²) in [6.45, 7) is 7.83. The molecular weight excluding hydrogens is 286 g/mol. The van der Waals surface area contributed by atoms with E-state index in [9.17, 15) is 4.79 Å². The third kappa shape index (κ3) is 6.57. The molecule has 0 unspecified atom stereocenters. The molecule has 0 aliphatic heterocycles. The first kappa shape index (κ1) is 18.0. The zero-order valence-electron chi connectivity index (χ0n) is 13.7. The molecule has 0 fully saturated rings. The zero-order chi connectivity index (χ0) is 16.4. The highest BCUT2D eigenvalue weighted by Gasteiger charge is 2.07. The molecule has 8 nitrogen and oxygen atoms in total. The van der Waals surface area contributed by atoms with E-state index in [0.29, 0.717) is 38.1 Å². The Morgan fingerprint density at radius 2 is 2.09 bits per heavy atom. The lowest BCUT2D eigenvalue weighted by molar-refractivity contribution is -0.119. The predicted molar refractivity (Wildman–Crippen MR) is 83.7 cm³/mol. The molecule has 0 aliphatic carbocycles. The second kappa shape index (κ2) is 9.78. The van der Waals surface area contributed by atoms with Gasteiger partial charge in [-0.2, -0.15) is 0 Å². The van der Waals surface area contributed by atoms with Crippen LogP contribution in [0, 0.1) is 13.8 Å². The van der Waals surface area contributed by atoms with Gasteiger partial charge in [-0.15, -0.1) is 0 Å². The number of nitrogens with zero attached hydrogens (tertiary/aromatic N) is 2. The van der Waals surface area contributed by atoms with Crippen LogP contribution in [-0.2, 0) is 16.1 Å². The molecule has 8 heteroatoms. The van der Waals surface area contributed by atoms with E-state index in [0.717, 1.165) is 11.5 Å². The second-order valence-electron chi connectivity index (χ2n) is 4.64. The van der Waals surface area contributed by atoms with Gasteiger partial charge in [-0.3, -0.25) is 4.79 Å². The number of methoxy groups -OCH3 is 1. The van der Waals surface area contributed by atoms with E-state index in [4.69, 9.17) is 9.15 Å². The van der Waals surface area contributed by atoms with Crippen LogP contribution in [0.3, 0.4) is 0 Å². The number of amides is 1. The van der Waals surface area contributed by atoms with Gasteiger partial charge < -0.3 is 25.1 Å². The zero-order valence-corrected chi connectivity index (χ0v) is 13.7. The highest BCUT2D eigenvalue weighted by atomic mass is 16.5. The molecule has 0 saturated heterocycles. The molecular formula is C14H25N5O3. The molecule has 0 spiro atoms. The average Bonchev–Trinajstić information content (AvgIpc) is 2.81. The molecule has 0 bridgehead atoms. The molecule has 1 amide bonds. The molecule has 1 aromatic rings. The van der Waals surface area contributed by atoms with Crippen molar-refractivity contribution in [3.63, 3.8) is 0 Å². The van der Waals surface area contributed by atoms with Crippen molar-refractivity contribution in [2.75, 3.05) is 33.4 Å². The van der Waals surface area contributed by atoms with Gasteiger partial charge in [0.05, 0.1) is 18.8 Å². The first-order valence-electron chi connectivity index (χ1n) is 7.27. The second-order valence-corrected chi connectivity index (χ2v) is 4.64. The number of carbonyl (C=O) groups excluding carboxylic acids is 1. The summed E-state index contributed by atoms with van der Waals surface area (Å²) in [5.41, 5.74) is 0.872. The molecule has 0 saturated carbocycles. The van der Waals surface area contributed by atoms with Crippen LogP contribution in [0.4, 0.5) is 0 Å². The van der Waals surface area contributed by atoms with Gasteiger partial charge in [-0.25, -0.2) is 9.98 Å². The van der Waals surface area contributed by atoms with Crippen LogP contribution in [0.1, 0.15) is 24.3 Å². The molecule has 0 radical (unpaired) electrons. The molecule has 0 atom stereocenters. The third-order valence-electron chi connectivity index (χ3n) is 2.83. The van der Waals surface area contributed by atoms with Gasteiger partial charge in [0, 0.05) is 20.2 Å². The number of hydrogen-bond acceptors (Lipinski definition) is 5. The maximum Gasteiger partial charge on any atom is 0.241 e. The van der Waals surface area contributed by atoms with Crippen LogP contribution in [-0.4, -0.2) is 50.2 Å². The Kier molecular flexibility index (Phi) is 7.98. The van der Waals surface area contributed by atoms with Crippen molar-refractivity contribution >= 4 is 11.9 Å². The number of oxazole rings is 1. The fraction of sp³-hybridized carbons (Fsp3) is 0.643. The minimum atomic E-state index is -0.155. The van der Waals surface area contributed by atoms with E-state index in [1.165, 1.54) is 0 Å². The van der Waals surface area contributed by atoms with Crippen molar-refractivity contribution in [3.05, 3.63) is 17.3 Å². The van der Waals surface area contributed by atoms with Crippen molar-refractivity contribution in [2.24, 2.45) is 4.99 Å². The van der Waals surface area contributed by atoms with Crippen LogP contribution in [0.5, 0.6) is 0 Å². The largest absolute Gasteiger partial charge is 0.444 e. The van der Waals surface area contributed by atoms with Crippen LogP contribution >= 0.6 is 0 Å². The SMILES string of the molecule is CCNC(=NCC(=O)NCCOC)NCc1nc(C)c(C)o1. The standard InChI is InChI=1S/C14H25N5O3/c1-5-15-14(17-8-12(20)16-6-7-21-4)18-9-13-19-10(2)11(3)22-13/h5-9H2,1-4H3,(H,16,20)(H2,15,17,18). The summed E-state index contributed by atoms with van der Waals surface area (Å²) in [5.74, 6) is 1.77. The van der Waals surface area contributed by atoms with Gasteiger partial charge in [0.1, 0.15) is 12.3 Å². The van der Waals surface area contributed by atoms with E-state index in [1.807, 2.05) is 20.8 Å². The van der Waals surface area contributed by atoms with Gasteiger partial charge in [-0.1, -0.05) is 0 Å². The fourth-order valence-corrected chi connectivity index (χ4v) is 1.62. The Bertz CT molecular complexity index is 479. The van der Waals surface area contributed by atoms with Crippen molar-refractivity contribution in [1.29, 1.82) is 0 Å². The average molecular weight is 311 g/mol. The highest BCUT2D eigenvalue weighted by Crippen LogP contribution is 2.07. The number of guanidine groups is 1. The van der Waals surface area contributed by atoms with Crippen LogP contribution in [0.25, 0.3) is 0 Å². The van der Waals surface area contributed by atoms with E-state index in [-0.39, 0.29) is 12.5 Å². The lowest BCUT2D eigenvalue weighted by atomic mass is 10.4. The smallest absolute Gasteiger partial charge is 0.241 e. The minimum Gasteiger partial charge on any atom is -0.444 e. The Hall–Kier alpha value is -2.09. The van der Waals surface area contributed by atoms with E-state index in [2.05, 4.69) is 25.9 Å². The molecule has 22 heavy (non-hydrogen) atoms. The molecule has 124 valence electrons. The summed E-state index contributed by atoms with van der Waals surface area (Å²) in [5, 5.41) is 8.85. The van der Waals surface area contributed by atoms with Crippen molar-refractivity contribution < 1.29 is 13.9 Å². The molecule has 1 rings (SSSR count). The van der Waals surface area contributed by atoms with Crippen molar-refractivity contribution in [3.8, 4) is 0 Å². The van der Waals surface area contributed by atoms with E-state index in [1.54, 1.807) is 7.11 Å². The Labute approximate surface area is 130 Å². The number of carbonyl (C=O) groups is 1. The third-order valence-corrected chi connectivity index (χ3v) is 2.83. The lowest BCUT2D eigenvalue weighted by Gasteiger charge is -2.09. The number of ether oxygens (including phenoxy) is 1. The quantitative estimate of drug-likeness (QED) is 0.358. The van der Waals surface area contributed by atoms with Gasteiger partial charge in [0.2, 0.25) is 11.8 Å². The molecule has 1 aromatic heterocycles.